The Bertz CT molecular complexity index is 1030. The molecule has 31 heavy (non-hydrogen) atoms. The average Bonchev–Trinajstić information content (AvgIpc) is 3.23. The fraction of sp³-hybridized carbons (Fsp3) is 0.348. The first-order valence-electron chi connectivity index (χ1n) is 10.5. The largest absolute Gasteiger partial charge is 0.334 e. The smallest absolute Gasteiger partial charge is 0.321 e. The van der Waals surface area contributed by atoms with E-state index in [1.54, 1.807) is 6.07 Å². The molecule has 0 saturated carbocycles. The van der Waals surface area contributed by atoms with Gasteiger partial charge in [0, 0.05) is 31.9 Å². The second kappa shape index (κ2) is 9.49. The number of carbonyl (C=O) groups excluding carboxylic acids is 1. The zero-order valence-electron chi connectivity index (χ0n) is 17.7. The molecule has 0 radical (unpaired) electrons. The summed E-state index contributed by atoms with van der Waals surface area (Å²) in [4.78, 5) is 21.1. The van der Waals surface area contributed by atoms with E-state index < -0.39 is 0 Å². The Morgan fingerprint density at radius 3 is 2.48 bits per heavy atom. The van der Waals surface area contributed by atoms with Crippen LogP contribution in [0, 0.1) is 0 Å². The number of benzene rings is 2. The zero-order chi connectivity index (χ0) is 21.8. The molecule has 1 saturated heterocycles. The summed E-state index contributed by atoms with van der Waals surface area (Å²) in [5.74, 6) is 1.50. The highest BCUT2D eigenvalue weighted by Crippen LogP contribution is 2.26. The molecule has 7 nitrogen and oxygen atoms in total. The Balaban J connectivity index is 1.28. The molecule has 0 bridgehead atoms. The third-order valence-electron chi connectivity index (χ3n) is 5.43. The van der Waals surface area contributed by atoms with Gasteiger partial charge < -0.3 is 14.7 Å². The van der Waals surface area contributed by atoms with Gasteiger partial charge in [-0.25, -0.2) is 4.79 Å². The number of aromatic nitrogens is 2. The van der Waals surface area contributed by atoms with Gasteiger partial charge in [-0.05, 0) is 35.7 Å². The number of hydrogen-bond donors (Lipinski definition) is 1. The number of amides is 2. The normalized spacial score (nSPS) is 14.8. The van der Waals surface area contributed by atoms with Gasteiger partial charge in [0.15, 0.2) is 5.82 Å². The Morgan fingerprint density at radius 2 is 1.81 bits per heavy atom. The van der Waals surface area contributed by atoms with E-state index in [9.17, 15) is 4.79 Å². The molecule has 1 aromatic heterocycles. The molecule has 2 amide bonds. The van der Waals surface area contributed by atoms with Crippen LogP contribution in [-0.4, -0.2) is 52.2 Å². The van der Waals surface area contributed by atoms with Crippen LogP contribution >= 0.6 is 11.6 Å². The molecule has 0 aliphatic carbocycles. The molecule has 1 aliphatic rings. The van der Waals surface area contributed by atoms with E-state index >= 15 is 0 Å². The minimum Gasteiger partial charge on any atom is -0.334 e. The molecule has 2 heterocycles. The molecule has 0 spiro atoms. The van der Waals surface area contributed by atoms with Gasteiger partial charge in [0.2, 0.25) is 0 Å². The summed E-state index contributed by atoms with van der Waals surface area (Å²) < 4.78 is 5.38. The van der Waals surface area contributed by atoms with Crippen molar-refractivity contribution in [2.45, 2.75) is 26.3 Å². The lowest BCUT2D eigenvalue weighted by Gasteiger charge is -2.34. The van der Waals surface area contributed by atoms with Crippen LogP contribution in [0.4, 0.5) is 10.5 Å². The zero-order valence-corrected chi connectivity index (χ0v) is 18.5. The quantitative estimate of drug-likeness (QED) is 0.614. The van der Waals surface area contributed by atoms with Crippen LogP contribution < -0.4 is 5.32 Å². The van der Waals surface area contributed by atoms with Crippen LogP contribution in [0.5, 0.6) is 0 Å². The van der Waals surface area contributed by atoms with Gasteiger partial charge in [-0.15, -0.1) is 0 Å². The molecule has 3 aromatic rings. The van der Waals surface area contributed by atoms with E-state index in [-0.39, 0.29) is 6.03 Å². The minimum atomic E-state index is -0.0717. The molecule has 0 atom stereocenters. The summed E-state index contributed by atoms with van der Waals surface area (Å²) >= 11 is 6.20. The van der Waals surface area contributed by atoms with Crippen LogP contribution in [0.3, 0.4) is 0 Å². The van der Waals surface area contributed by atoms with E-state index in [4.69, 9.17) is 16.1 Å². The number of nitrogens with one attached hydrogen (secondary N) is 1. The maximum atomic E-state index is 12.6. The van der Waals surface area contributed by atoms with E-state index in [1.807, 2.05) is 35.2 Å². The fourth-order valence-electron chi connectivity index (χ4n) is 3.53. The van der Waals surface area contributed by atoms with Gasteiger partial charge in [-0.3, -0.25) is 4.90 Å². The molecule has 8 heteroatoms. The molecule has 1 aliphatic heterocycles. The molecular formula is C23H26ClN5O2. The first-order chi connectivity index (χ1) is 15.0. The molecule has 0 unspecified atom stereocenters. The summed E-state index contributed by atoms with van der Waals surface area (Å²) in [7, 11) is 0. The first kappa shape index (κ1) is 21.3. The minimum absolute atomic E-state index is 0.0717. The number of piperazine rings is 1. The lowest BCUT2D eigenvalue weighted by Crippen LogP contribution is -2.49. The highest BCUT2D eigenvalue weighted by molar-refractivity contribution is 6.33. The van der Waals surface area contributed by atoms with Crippen molar-refractivity contribution in [2.24, 2.45) is 0 Å². The van der Waals surface area contributed by atoms with Crippen LogP contribution in [0.1, 0.15) is 31.2 Å². The molecular weight excluding hydrogens is 414 g/mol. The monoisotopic (exact) mass is 439 g/mol. The lowest BCUT2D eigenvalue weighted by molar-refractivity contribution is 0.140. The number of hydrogen-bond acceptors (Lipinski definition) is 5. The number of urea groups is 1. The summed E-state index contributed by atoms with van der Waals surface area (Å²) in [5, 5.41) is 7.64. The van der Waals surface area contributed by atoms with Gasteiger partial charge in [0.05, 0.1) is 17.1 Å². The van der Waals surface area contributed by atoms with Crippen molar-refractivity contribution in [2.75, 3.05) is 31.5 Å². The van der Waals surface area contributed by atoms with E-state index in [1.165, 1.54) is 5.56 Å². The summed E-state index contributed by atoms with van der Waals surface area (Å²) in [5.41, 5.74) is 2.80. The summed E-state index contributed by atoms with van der Waals surface area (Å²) in [6.07, 6.45) is 0. The van der Waals surface area contributed by atoms with E-state index in [0.29, 0.717) is 42.3 Å². The maximum Gasteiger partial charge on any atom is 0.321 e. The van der Waals surface area contributed by atoms with E-state index in [0.717, 1.165) is 24.3 Å². The van der Waals surface area contributed by atoms with Crippen molar-refractivity contribution >= 4 is 23.3 Å². The van der Waals surface area contributed by atoms with Gasteiger partial charge in [-0.2, -0.15) is 4.98 Å². The Labute approximate surface area is 187 Å². The predicted octanol–water partition coefficient (Wildman–Crippen LogP) is 4.86. The number of anilines is 1. The number of nitrogens with zero attached hydrogens (tertiary/aromatic N) is 4. The van der Waals surface area contributed by atoms with Gasteiger partial charge >= 0.3 is 6.03 Å². The highest BCUT2D eigenvalue weighted by atomic mass is 35.5. The van der Waals surface area contributed by atoms with Gasteiger partial charge in [0.25, 0.3) is 5.89 Å². The average molecular weight is 440 g/mol. The number of halogens is 1. The van der Waals surface area contributed by atoms with Crippen LogP contribution in [0.25, 0.3) is 11.5 Å². The first-order valence-corrected chi connectivity index (χ1v) is 10.8. The van der Waals surface area contributed by atoms with Crippen molar-refractivity contribution in [1.82, 2.24) is 19.9 Å². The lowest BCUT2D eigenvalue weighted by atomic mass is 10.0. The molecule has 1 fully saturated rings. The topological polar surface area (TPSA) is 74.5 Å². The van der Waals surface area contributed by atoms with E-state index in [2.05, 4.69) is 46.3 Å². The number of rotatable bonds is 5. The molecule has 1 N–H and O–H groups in total. The molecule has 162 valence electrons. The molecule has 4 rings (SSSR count). The second-order valence-electron chi connectivity index (χ2n) is 7.97. The van der Waals surface area contributed by atoms with Gasteiger partial charge in [-0.1, -0.05) is 54.9 Å². The standard InChI is InChI=1S/C23H26ClN5O2/c1-16(2)17-7-9-18(10-8-17)25-23(30)29-13-11-28(12-14-29)15-21-26-22(31-27-21)19-5-3-4-6-20(19)24/h3-10,16H,11-15H2,1-2H3,(H,25,30). The SMILES string of the molecule is CC(C)c1ccc(NC(=O)N2CCN(Cc3noc(-c4ccccc4Cl)n3)CC2)cc1. The van der Waals surface area contributed by atoms with Gasteiger partial charge in [0.1, 0.15) is 0 Å². The summed E-state index contributed by atoms with van der Waals surface area (Å²) in [6, 6.07) is 15.3. The third-order valence-corrected chi connectivity index (χ3v) is 5.76. The fourth-order valence-corrected chi connectivity index (χ4v) is 3.74. The summed E-state index contributed by atoms with van der Waals surface area (Å²) in [6.45, 7) is 7.65. The number of carbonyl (C=O) groups is 1. The van der Waals surface area contributed by atoms with Crippen molar-refractivity contribution in [3.8, 4) is 11.5 Å². The Kier molecular flexibility index (Phi) is 6.53. The van der Waals surface area contributed by atoms with Crippen molar-refractivity contribution in [3.63, 3.8) is 0 Å². The molecule has 2 aromatic carbocycles. The van der Waals surface area contributed by atoms with Crippen LogP contribution in [0.15, 0.2) is 53.1 Å². The second-order valence-corrected chi connectivity index (χ2v) is 8.37. The Morgan fingerprint density at radius 1 is 1.10 bits per heavy atom. The maximum absolute atomic E-state index is 12.6. The van der Waals surface area contributed by atoms with Crippen molar-refractivity contribution in [1.29, 1.82) is 0 Å². The van der Waals surface area contributed by atoms with Crippen molar-refractivity contribution < 1.29 is 9.32 Å². The van der Waals surface area contributed by atoms with Crippen molar-refractivity contribution in [3.05, 3.63) is 64.9 Å². The predicted molar refractivity (Wildman–Crippen MR) is 121 cm³/mol. The third kappa shape index (κ3) is 5.24. The van der Waals surface area contributed by atoms with Crippen LogP contribution in [-0.2, 0) is 6.54 Å². The Hall–Kier alpha value is -2.90. The highest BCUT2D eigenvalue weighted by Gasteiger charge is 2.23. The van der Waals surface area contributed by atoms with Crippen LogP contribution in [0.2, 0.25) is 5.02 Å².